The van der Waals surface area contributed by atoms with Crippen LogP contribution in [-0.4, -0.2) is 42.1 Å². The second-order valence-electron chi connectivity index (χ2n) is 5.78. The number of benzene rings is 1. The van der Waals surface area contributed by atoms with Crippen LogP contribution in [0.4, 0.5) is 0 Å². The molecule has 0 radical (unpaired) electrons. The second kappa shape index (κ2) is 7.27. The fourth-order valence-corrected chi connectivity index (χ4v) is 4.23. The molecule has 0 unspecified atom stereocenters. The fourth-order valence-electron chi connectivity index (χ4n) is 2.76. The van der Waals surface area contributed by atoms with Gasteiger partial charge in [-0.05, 0) is 43.0 Å². The predicted octanol–water partition coefficient (Wildman–Crippen LogP) is 2.27. The SMILES string of the molecule is CCc1ccc(S(=O)(=O)N2CCC(Oc3cccnn3)CC2)cc1. The Hall–Kier alpha value is -1.99. The molecule has 1 aromatic carbocycles. The molecule has 0 atom stereocenters. The highest BCUT2D eigenvalue weighted by atomic mass is 32.2. The number of hydrogen-bond acceptors (Lipinski definition) is 5. The van der Waals surface area contributed by atoms with Gasteiger partial charge < -0.3 is 4.74 Å². The highest BCUT2D eigenvalue weighted by molar-refractivity contribution is 7.89. The summed E-state index contributed by atoms with van der Waals surface area (Å²) >= 11 is 0. The highest BCUT2D eigenvalue weighted by Gasteiger charge is 2.30. The number of piperidine rings is 1. The molecule has 1 fully saturated rings. The topological polar surface area (TPSA) is 72.4 Å². The minimum Gasteiger partial charge on any atom is -0.473 e. The molecule has 2 aromatic rings. The lowest BCUT2D eigenvalue weighted by molar-refractivity contribution is 0.128. The van der Waals surface area contributed by atoms with Gasteiger partial charge in [-0.3, -0.25) is 0 Å². The summed E-state index contributed by atoms with van der Waals surface area (Å²) in [4.78, 5) is 0.355. The maximum atomic E-state index is 12.7. The minimum absolute atomic E-state index is 0.0318. The molecule has 1 saturated heterocycles. The average molecular weight is 347 g/mol. The van der Waals surface area contributed by atoms with E-state index in [1.54, 1.807) is 30.5 Å². The first-order valence-electron chi connectivity index (χ1n) is 8.13. The number of rotatable bonds is 5. The number of aryl methyl sites for hydroxylation is 1. The molecule has 0 spiro atoms. The molecule has 0 aliphatic carbocycles. The maximum Gasteiger partial charge on any atom is 0.243 e. The number of ether oxygens (including phenoxy) is 1. The smallest absolute Gasteiger partial charge is 0.243 e. The second-order valence-corrected chi connectivity index (χ2v) is 7.72. The molecule has 0 amide bonds. The third kappa shape index (κ3) is 3.73. The lowest BCUT2D eigenvalue weighted by Crippen LogP contribution is -2.41. The van der Waals surface area contributed by atoms with Crippen LogP contribution in [0.5, 0.6) is 5.88 Å². The number of nitrogens with zero attached hydrogens (tertiary/aromatic N) is 3. The maximum absolute atomic E-state index is 12.7. The Morgan fingerprint density at radius 3 is 2.46 bits per heavy atom. The van der Waals surface area contributed by atoms with E-state index in [9.17, 15) is 8.42 Å². The zero-order valence-electron chi connectivity index (χ0n) is 13.6. The molecular weight excluding hydrogens is 326 g/mol. The molecule has 0 N–H and O–H groups in total. The summed E-state index contributed by atoms with van der Waals surface area (Å²) in [5.74, 6) is 0.481. The largest absolute Gasteiger partial charge is 0.473 e. The van der Waals surface area contributed by atoms with E-state index in [2.05, 4.69) is 10.2 Å². The molecule has 2 heterocycles. The number of aromatic nitrogens is 2. The van der Waals surface area contributed by atoms with Gasteiger partial charge in [-0.2, -0.15) is 9.40 Å². The van der Waals surface area contributed by atoms with Gasteiger partial charge in [-0.25, -0.2) is 8.42 Å². The minimum atomic E-state index is -3.43. The van der Waals surface area contributed by atoms with Crippen molar-refractivity contribution in [2.24, 2.45) is 0 Å². The third-order valence-electron chi connectivity index (χ3n) is 4.21. The van der Waals surface area contributed by atoms with Crippen molar-refractivity contribution in [2.45, 2.75) is 37.2 Å². The standard InChI is InChI=1S/C17H21N3O3S/c1-2-14-5-7-16(8-6-14)24(21,22)20-12-9-15(10-13-20)23-17-4-3-11-18-19-17/h3-8,11,15H,2,9-10,12-13H2,1H3. The molecule has 0 bridgehead atoms. The van der Waals surface area contributed by atoms with E-state index in [0.717, 1.165) is 12.0 Å². The third-order valence-corrected chi connectivity index (χ3v) is 6.12. The van der Waals surface area contributed by atoms with Gasteiger partial charge in [0.25, 0.3) is 0 Å². The number of sulfonamides is 1. The van der Waals surface area contributed by atoms with Crippen LogP contribution in [0.25, 0.3) is 0 Å². The Morgan fingerprint density at radius 1 is 1.17 bits per heavy atom. The van der Waals surface area contributed by atoms with Crippen LogP contribution in [0.3, 0.4) is 0 Å². The average Bonchev–Trinajstić information content (AvgIpc) is 2.63. The Kier molecular flexibility index (Phi) is 5.11. The molecule has 7 heteroatoms. The van der Waals surface area contributed by atoms with E-state index in [4.69, 9.17) is 4.74 Å². The Morgan fingerprint density at radius 2 is 1.88 bits per heavy atom. The number of hydrogen-bond donors (Lipinski definition) is 0. The summed E-state index contributed by atoms with van der Waals surface area (Å²) in [6.07, 6.45) is 3.74. The van der Waals surface area contributed by atoms with E-state index in [-0.39, 0.29) is 6.10 Å². The summed E-state index contributed by atoms with van der Waals surface area (Å²) in [7, 11) is -3.43. The summed E-state index contributed by atoms with van der Waals surface area (Å²) in [5, 5.41) is 7.68. The van der Waals surface area contributed by atoms with Crippen LogP contribution in [-0.2, 0) is 16.4 Å². The van der Waals surface area contributed by atoms with Crippen molar-refractivity contribution in [3.8, 4) is 5.88 Å². The first kappa shape index (κ1) is 16.9. The van der Waals surface area contributed by atoms with E-state index in [1.165, 1.54) is 4.31 Å². The van der Waals surface area contributed by atoms with Crippen molar-refractivity contribution in [2.75, 3.05) is 13.1 Å². The van der Waals surface area contributed by atoms with Gasteiger partial charge in [0.2, 0.25) is 15.9 Å². The first-order chi connectivity index (χ1) is 11.6. The van der Waals surface area contributed by atoms with E-state index >= 15 is 0 Å². The van der Waals surface area contributed by atoms with Crippen molar-refractivity contribution in [1.82, 2.24) is 14.5 Å². The van der Waals surface area contributed by atoms with Gasteiger partial charge in [0, 0.05) is 25.4 Å². The van der Waals surface area contributed by atoms with Gasteiger partial charge >= 0.3 is 0 Å². The summed E-state index contributed by atoms with van der Waals surface area (Å²) in [5.41, 5.74) is 1.13. The predicted molar refractivity (Wildman–Crippen MR) is 90.3 cm³/mol. The molecular formula is C17H21N3O3S. The van der Waals surface area contributed by atoms with Gasteiger partial charge in [-0.15, -0.1) is 5.10 Å². The Bertz CT molecular complexity index is 755. The van der Waals surface area contributed by atoms with E-state index < -0.39 is 10.0 Å². The molecule has 1 aliphatic heterocycles. The van der Waals surface area contributed by atoms with E-state index in [0.29, 0.717) is 36.7 Å². The zero-order chi connectivity index (χ0) is 17.0. The van der Waals surface area contributed by atoms with Crippen molar-refractivity contribution in [3.05, 3.63) is 48.2 Å². The summed E-state index contributed by atoms with van der Waals surface area (Å²) < 4.78 is 32.7. The molecule has 3 rings (SSSR count). The lowest BCUT2D eigenvalue weighted by Gasteiger charge is -2.31. The Labute approximate surface area is 142 Å². The highest BCUT2D eigenvalue weighted by Crippen LogP contribution is 2.23. The Balaban J connectivity index is 1.62. The zero-order valence-corrected chi connectivity index (χ0v) is 14.4. The summed E-state index contributed by atoms with van der Waals surface area (Å²) in [6.45, 7) is 2.94. The van der Waals surface area contributed by atoms with Crippen LogP contribution < -0.4 is 4.74 Å². The van der Waals surface area contributed by atoms with Gasteiger partial charge in [0.1, 0.15) is 6.10 Å². The van der Waals surface area contributed by atoms with Gasteiger partial charge in [-0.1, -0.05) is 19.1 Å². The molecule has 1 aliphatic rings. The van der Waals surface area contributed by atoms with Crippen molar-refractivity contribution < 1.29 is 13.2 Å². The molecule has 1 aromatic heterocycles. The van der Waals surface area contributed by atoms with Gasteiger partial charge in [0.05, 0.1) is 4.90 Å². The van der Waals surface area contributed by atoms with Crippen LogP contribution in [0.1, 0.15) is 25.3 Å². The van der Waals surface area contributed by atoms with Crippen LogP contribution >= 0.6 is 0 Å². The van der Waals surface area contributed by atoms with Crippen LogP contribution in [0.2, 0.25) is 0 Å². The fraction of sp³-hybridized carbons (Fsp3) is 0.412. The molecule has 24 heavy (non-hydrogen) atoms. The first-order valence-corrected chi connectivity index (χ1v) is 9.57. The molecule has 6 nitrogen and oxygen atoms in total. The molecule has 0 saturated carbocycles. The van der Waals surface area contributed by atoms with E-state index in [1.807, 2.05) is 19.1 Å². The lowest BCUT2D eigenvalue weighted by atomic mass is 10.1. The van der Waals surface area contributed by atoms with Crippen molar-refractivity contribution in [1.29, 1.82) is 0 Å². The normalized spacial score (nSPS) is 16.9. The monoisotopic (exact) mass is 347 g/mol. The quantitative estimate of drug-likeness (QED) is 0.830. The summed E-state index contributed by atoms with van der Waals surface area (Å²) in [6, 6.07) is 10.6. The van der Waals surface area contributed by atoms with Crippen LogP contribution in [0.15, 0.2) is 47.5 Å². The van der Waals surface area contributed by atoms with Crippen molar-refractivity contribution >= 4 is 10.0 Å². The van der Waals surface area contributed by atoms with Gasteiger partial charge in [0.15, 0.2) is 0 Å². The van der Waals surface area contributed by atoms with Crippen molar-refractivity contribution in [3.63, 3.8) is 0 Å². The molecule has 128 valence electrons. The van der Waals surface area contributed by atoms with Crippen LogP contribution in [0, 0.1) is 0 Å².